The quantitative estimate of drug-likeness (QED) is 0.172. The number of carbonyl (C=O) groups excluding carboxylic acids is 3. The maximum Gasteiger partial charge on any atom is 0.255 e. The summed E-state index contributed by atoms with van der Waals surface area (Å²) in [6, 6.07) is 1.57. The molecule has 5 heterocycles. The highest BCUT2D eigenvalue weighted by Crippen LogP contribution is 2.46. The molecule has 0 aliphatic carbocycles. The third-order valence-electron chi connectivity index (χ3n) is 7.56. The van der Waals surface area contributed by atoms with Crippen molar-refractivity contribution in [3.05, 3.63) is 23.8 Å². The van der Waals surface area contributed by atoms with Crippen LogP contribution in [-0.2, 0) is 9.59 Å². The molecule has 5 aliphatic heterocycles. The molecule has 6 rings (SSSR count). The first-order valence-electron chi connectivity index (χ1n) is 12.2. The number of aliphatic imine (C=N–C) groups is 2. The zero-order chi connectivity index (χ0) is 27.2. The largest absolute Gasteiger partial charge is 0.449 e. The van der Waals surface area contributed by atoms with E-state index in [1.165, 1.54) is 11.0 Å². The van der Waals surface area contributed by atoms with Crippen molar-refractivity contribution in [2.75, 3.05) is 13.1 Å². The van der Waals surface area contributed by atoms with E-state index >= 15 is 0 Å². The maximum absolute atomic E-state index is 13.4. The summed E-state index contributed by atoms with van der Waals surface area (Å²) in [5.74, 6) is -4.59. The summed E-state index contributed by atoms with van der Waals surface area (Å²) in [6.45, 7) is 3.08. The van der Waals surface area contributed by atoms with Gasteiger partial charge >= 0.3 is 0 Å². The van der Waals surface area contributed by atoms with E-state index in [1.54, 1.807) is 26.0 Å². The van der Waals surface area contributed by atoms with Crippen LogP contribution in [0.1, 0.15) is 37.0 Å². The van der Waals surface area contributed by atoms with E-state index in [-0.39, 0.29) is 61.0 Å². The number of carbonyl (C=O) groups is 3. The standard InChI is InChI=1S/C23H28N8O7/c1-21(2)37-12-5-3-4-10(16(12)38-21)18(34)27-13-9-31-20(25)26-11(8-30-14(32)6-7-15(30)33)17-22(31,23(13,35)36)29-19(24)28-17/h3-5,11,13,17,35-36H,6-9H2,1-2H3,(H2,25,26)(H,27,34)(H3,24,28,29)/t11?,13?,17-,22?/m0/s1. The van der Waals surface area contributed by atoms with E-state index in [0.717, 1.165) is 4.90 Å². The van der Waals surface area contributed by atoms with Crippen molar-refractivity contribution in [1.82, 2.24) is 20.4 Å². The van der Waals surface area contributed by atoms with Gasteiger partial charge in [0.15, 0.2) is 29.1 Å². The number of nitrogens with one attached hydrogen (secondary N) is 2. The second-order valence-electron chi connectivity index (χ2n) is 10.4. The number of nitrogens with two attached hydrogens (primary N) is 2. The minimum Gasteiger partial charge on any atom is -0.449 e. The Hall–Kier alpha value is -4.11. The van der Waals surface area contributed by atoms with E-state index in [0.29, 0.717) is 5.75 Å². The van der Waals surface area contributed by atoms with Crippen LogP contribution in [0, 0.1) is 0 Å². The van der Waals surface area contributed by atoms with E-state index in [9.17, 15) is 24.6 Å². The molecule has 0 bridgehead atoms. The second-order valence-corrected chi connectivity index (χ2v) is 10.4. The summed E-state index contributed by atoms with van der Waals surface area (Å²) in [7, 11) is 0. The molecule has 1 spiro atoms. The van der Waals surface area contributed by atoms with Gasteiger partial charge in [-0.1, -0.05) is 6.07 Å². The molecule has 15 heteroatoms. The fraction of sp³-hybridized carbons (Fsp3) is 0.522. The van der Waals surface area contributed by atoms with E-state index in [2.05, 4.69) is 20.6 Å². The highest BCUT2D eigenvalue weighted by molar-refractivity contribution is 6.02. The smallest absolute Gasteiger partial charge is 0.255 e. The van der Waals surface area contributed by atoms with Crippen LogP contribution >= 0.6 is 0 Å². The van der Waals surface area contributed by atoms with Crippen LogP contribution in [-0.4, -0.2) is 98.1 Å². The molecule has 8 N–H and O–H groups in total. The number of rotatable bonds is 4. The molecule has 2 fully saturated rings. The molecule has 1 aromatic carbocycles. The average Bonchev–Trinajstić information content (AvgIpc) is 3.52. The zero-order valence-electron chi connectivity index (χ0n) is 20.7. The molecule has 1 aromatic rings. The Bertz CT molecular complexity index is 1310. The predicted octanol–water partition coefficient (Wildman–Crippen LogP) is -2.88. The van der Waals surface area contributed by atoms with Gasteiger partial charge in [0.1, 0.15) is 12.1 Å². The van der Waals surface area contributed by atoms with Crippen molar-refractivity contribution in [3.8, 4) is 11.5 Å². The van der Waals surface area contributed by atoms with Gasteiger partial charge in [0.05, 0.1) is 18.2 Å². The van der Waals surface area contributed by atoms with Gasteiger partial charge in [-0.2, -0.15) is 0 Å². The number of hydrogen-bond acceptors (Lipinski definition) is 13. The normalized spacial score (nSPS) is 31.9. The van der Waals surface area contributed by atoms with Gasteiger partial charge in [-0.3, -0.25) is 19.3 Å². The Labute approximate surface area is 216 Å². The summed E-state index contributed by atoms with van der Waals surface area (Å²) < 4.78 is 11.5. The molecule has 3 unspecified atom stereocenters. The lowest BCUT2D eigenvalue weighted by atomic mass is 9.84. The Balaban J connectivity index is 1.31. The Morgan fingerprint density at radius 2 is 1.89 bits per heavy atom. The van der Waals surface area contributed by atoms with E-state index in [1.807, 2.05) is 0 Å². The Morgan fingerprint density at radius 1 is 1.18 bits per heavy atom. The molecule has 38 heavy (non-hydrogen) atoms. The van der Waals surface area contributed by atoms with Crippen LogP contribution < -0.4 is 31.6 Å². The molecule has 0 aromatic heterocycles. The third-order valence-corrected chi connectivity index (χ3v) is 7.56. The van der Waals surface area contributed by atoms with Gasteiger partial charge < -0.3 is 46.7 Å². The number of benzene rings is 1. The third kappa shape index (κ3) is 3.24. The van der Waals surface area contributed by atoms with Gasteiger partial charge in [-0.05, 0) is 12.1 Å². The molecule has 3 amide bonds. The molecule has 2 saturated heterocycles. The molecular formula is C23H28N8O7. The summed E-state index contributed by atoms with van der Waals surface area (Å²) in [4.78, 5) is 49.1. The van der Waals surface area contributed by atoms with Crippen LogP contribution in [0.3, 0.4) is 0 Å². The summed E-state index contributed by atoms with van der Waals surface area (Å²) >= 11 is 0. The first-order chi connectivity index (χ1) is 17.8. The number of imide groups is 1. The van der Waals surface area contributed by atoms with Crippen molar-refractivity contribution in [1.29, 1.82) is 0 Å². The monoisotopic (exact) mass is 528 g/mol. The van der Waals surface area contributed by atoms with Crippen LogP contribution in [0.15, 0.2) is 28.2 Å². The maximum atomic E-state index is 13.4. The second kappa shape index (κ2) is 7.70. The highest BCUT2D eigenvalue weighted by Gasteiger charge is 2.73. The van der Waals surface area contributed by atoms with Crippen molar-refractivity contribution in [3.63, 3.8) is 0 Å². The SMILES string of the molecule is CC1(C)Oc2cccc(C(=O)NC3CN4C(N)=NC(CN5C(=O)CCC5=O)[C@@H]5N=C(N)NC54C3(O)O)c2O1. The lowest BCUT2D eigenvalue weighted by Crippen LogP contribution is -2.78. The highest BCUT2D eigenvalue weighted by atomic mass is 16.7. The van der Waals surface area contributed by atoms with E-state index < -0.39 is 41.3 Å². The fourth-order valence-electron chi connectivity index (χ4n) is 5.90. The minimum absolute atomic E-state index is 0.0868. The van der Waals surface area contributed by atoms with Crippen molar-refractivity contribution < 1.29 is 34.1 Å². The topological polar surface area (TPSA) is 217 Å². The van der Waals surface area contributed by atoms with Crippen LogP contribution in [0.4, 0.5) is 0 Å². The fourth-order valence-corrected chi connectivity index (χ4v) is 5.90. The lowest BCUT2D eigenvalue weighted by Gasteiger charge is -2.49. The average molecular weight is 529 g/mol. The van der Waals surface area contributed by atoms with Gasteiger partial charge in [-0.25, -0.2) is 9.98 Å². The number of amides is 3. The van der Waals surface area contributed by atoms with Crippen molar-refractivity contribution in [2.45, 2.75) is 62.1 Å². The Morgan fingerprint density at radius 3 is 2.61 bits per heavy atom. The lowest BCUT2D eigenvalue weighted by molar-refractivity contribution is -0.230. The number of fused-ring (bicyclic) bond motifs is 1. The van der Waals surface area contributed by atoms with Crippen LogP contribution in [0.5, 0.6) is 11.5 Å². The van der Waals surface area contributed by atoms with Gasteiger partial charge in [0.2, 0.25) is 23.4 Å². The van der Waals surface area contributed by atoms with Crippen LogP contribution in [0.25, 0.3) is 0 Å². The molecule has 15 nitrogen and oxygen atoms in total. The summed E-state index contributed by atoms with van der Waals surface area (Å²) in [5, 5.41) is 28.7. The first kappa shape index (κ1) is 24.2. The molecule has 0 radical (unpaired) electrons. The molecule has 4 atom stereocenters. The molecular weight excluding hydrogens is 500 g/mol. The minimum atomic E-state index is -2.68. The Kier molecular flexibility index (Phi) is 4.91. The van der Waals surface area contributed by atoms with Crippen molar-refractivity contribution >= 4 is 29.6 Å². The van der Waals surface area contributed by atoms with Gasteiger partial charge in [-0.15, -0.1) is 0 Å². The first-order valence-corrected chi connectivity index (χ1v) is 12.2. The number of aliphatic hydroxyl groups is 2. The van der Waals surface area contributed by atoms with Gasteiger partial charge in [0, 0.05) is 33.2 Å². The summed E-state index contributed by atoms with van der Waals surface area (Å²) in [5.41, 5.74) is 10.6. The number of para-hydroxylation sites is 1. The summed E-state index contributed by atoms with van der Waals surface area (Å²) in [6.07, 6.45) is 0.174. The number of likely N-dealkylation sites (tertiary alicyclic amines) is 1. The zero-order valence-corrected chi connectivity index (χ0v) is 20.7. The van der Waals surface area contributed by atoms with Crippen molar-refractivity contribution in [2.24, 2.45) is 21.5 Å². The number of ether oxygens (including phenoxy) is 2. The van der Waals surface area contributed by atoms with Gasteiger partial charge in [0.25, 0.3) is 5.91 Å². The van der Waals surface area contributed by atoms with Crippen LogP contribution in [0.2, 0.25) is 0 Å². The molecule has 0 saturated carbocycles. The molecule has 202 valence electrons. The molecule has 5 aliphatic rings. The van der Waals surface area contributed by atoms with E-state index in [4.69, 9.17) is 20.9 Å². The predicted molar refractivity (Wildman–Crippen MR) is 130 cm³/mol. The number of guanidine groups is 2. The number of hydrogen-bond donors (Lipinski definition) is 6. The number of nitrogens with zero attached hydrogens (tertiary/aromatic N) is 4.